The molecule has 0 aliphatic carbocycles. The van der Waals surface area contributed by atoms with Gasteiger partial charge in [0.05, 0.1) is 6.54 Å². The maximum Gasteiger partial charge on any atom is 0.238 e. The topological polar surface area (TPSA) is 32.3 Å². The summed E-state index contributed by atoms with van der Waals surface area (Å²) in [7, 11) is 0. The number of nitrogens with zero attached hydrogens (tertiary/aromatic N) is 1. The number of amides is 1. The van der Waals surface area contributed by atoms with Gasteiger partial charge in [-0.2, -0.15) is 0 Å². The van der Waals surface area contributed by atoms with Crippen molar-refractivity contribution in [3.05, 3.63) is 52.2 Å². The average Bonchev–Trinajstić information content (AvgIpc) is 3.00. The first-order valence-electron chi connectivity index (χ1n) is 7.35. The van der Waals surface area contributed by atoms with E-state index in [0.29, 0.717) is 6.54 Å². The third-order valence-electron chi connectivity index (χ3n) is 3.45. The largest absolute Gasteiger partial charge is 0.325 e. The first-order valence-corrected chi connectivity index (χ1v) is 8.23. The van der Waals surface area contributed by atoms with E-state index in [9.17, 15) is 4.79 Å². The molecule has 0 unspecified atom stereocenters. The quantitative estimate of drug-likeness (QED) is 0.844. The summed E-state index contributed by atoms with van der Waals surface area (Å²) in [6.45, 7) is 6.30. The fraction of sp³-hybridized carbons (Fsp3) is 0.353. The summed E-state index contributed by atoms with van der Waals surface area (Å²) >= 11 is 1.73. The Morgan fingerprint density at radius 1 is 1.19 bits per heavy atom. The molecular weight excluding hydrogens is 280 g/mol. The molecular formula is C17H22N2OS. The third-order valence-corrected chi connectivity index (χ3v) is 4.31. The molecule has 0 spiro atoms. The second-order valence-corrected chi connectivity index (χ2v) is 5.97. The molecule has 0 fully saturated rings. The van der Waals surface area contributed by atoms with Crippen molar-refractivity contribution in [3.63, 3.8) is 0 Å². The van der Waals surface area contributed by atoms with Crippen LogP contribution in [-0.4, -0.2) is 23.9 Å². The van der Waals surface area contributed by atoms with Crippen LogP contribution in [0.5, 0.6) is 0 Å². The number of hydrogen-bond acceptors (Lipinski definition) is 3. The van der Waals surface area contributed by atoms with E-state index < -0.39 is 0 Å². The molecule has 0 aliphatic heterocycles. The average molecular weight is 302 g/mol. The van der Waals surface area contributed by atoms with Gasteiger partial charge in [-0.25, -0.2) is 0 Å². The lowest BCUT2D eigenvalue weighted by Crippen LogP contribution is -2.32. The molecule has 1 aromatic heterocycles. The van der Waals surface area contributed by atoms with E-state index in [-0.39, 0.29) is 5.91 Å². The van der Waals surface area contributed by atoms with Crippen molar-refractivity contribution in [2.24, 2.45) is 0 Å². The standard InChI is InChI=1S/C17H22N2OS/c1-3-14-8-5-6-10-16(14)18-17(20)13-19(4-2)12-15-9-7-11-21-15/h5-11H,3-4,12-13H2,1-2H3,(H,18,20). The number of carbonyl (C=O) groups is 1. The number of carbonyl (C=O) groups excluding carboxylic acids is 1. The summed E-state index contributed by atoms with van der Waals surface area (Å²) in [6, 6.07) is 12.1. The Kier molecular flexibility index (Phi) is 5.96. The molecule has 1 aromatic carbocycles. The van der Waals surface area contributed by atoms with Crippen LogP contribution in [0.25, 0.3) is 0 Å². The van der Waals surface area contributed by atoms with Crippen LogP contribution < -0.4 is 5.32 Å². The molecule has 21 heavy (non-hydrogen) atoms. The number of para-hydroxylation sites is 1. The van der Waals surface area contributed by atoms with Crippen LogP contribution in [0.3, 0.4) is 0 Å². The zero-order chi connectivity index (χ0) is 15.1. The van der Waals surface area contributed by atoms with Gasteiger partial charge >= 0.3 is 0 Å². The van der Waals surface area contributed by atoms with Gasteiger partial charge in [-0.1, -0.05) is 38.1 Å². The van der Waals surface area contributed by atoms with E-state index in [0.717, 1.165) is 25.2 Å². The van der Waals surface area contributed by atoms with Gasteiger partial charge in [0.1, 0.15) is 0 Å². The van der Waals surface area contributed by atoms with E-state index >= 15 is 0 Å². The molecule has 4 heteroatoms. The van der Waals surface area contributed by atoms with Gasteiger partial charge in [0.25, 0.3) is 0 Å². The monoisotopic (exact) mass is 302 g/mol. The van der Waals surface area contributed by atoms with Crippen LogP contribution in [0.15, 0.2) is 41.8 Å². The Labute approximate surface area is 130 Å². The summed E-state index contributed by atoms with van der Waals surface area (Å²) in [5, 5.41) is 5.10. The summed E-state index contributed by atoms with van der Waals surface area (Å²) in [5.74, 6) is 0.0503. The van der Waals surface area contributed by atoms with Crippen LogP contribution >= 0.6 is 11.3 Å². The maximum absolute atomic E-state index is 12.2. The van der Waals surface area contributed by atoms with Gasteiger partial charge in [0.2, 0.25) is 5.91 Å². The second kappa shape index (κ2) is 7.96. The van der Waals surface area contributed by atoms with Gasteiger partial charge in [0, 0.05) is 17.1 Å². The first kappa shape index (κ1) is 15.7. The van der Waals surface area contributed by atoms with Crippen LogP contribution in [0.2, 0.25) is 0 Å². The highest BCUT2D eigenvalue weighted by Gasteiger charge is 2.11. The van der Waals surface area contributed by atoms with Gasteiger partial charge in [-0.15, -0.1) is 11.3 Å². The number of benzene rings is 1. The summed E-state index contributed by atoms with van der Waals surface area (Å²) in [4.78, 5) is 15.7. The summed E-state index contributed by atoms with van der Waals surface area (Å²) < 4.78 is 0. The number of anilines is 1. The lowest BCUT2D eigenvalue weighted by molar-refractivity contribution is -0.117. The Morgan fingerprint density at radius 2 is 2.00 bits per heavy atom. The lowest BCUT2D eigenvalue weighted by Gasteiger charge is -2.19. The summed E-state index contributed by atoms with van der Waals surface area (Å²) in [6.07, 6.45) is 0.920. The normalized spacial score (nSPS) is 10.8. The molecule has 0 atom stereocenters. The minimum atomic E-state index is 0.0503. The molecule has 3 nitrogen and oxygen atoms in total. The maximum atomic E-state index is 12.2. The number of aryl methyl sites for hydroxylation is 1. The molecule has 112 valence electrons. The second-order valence-electron chi connectivity index (χ2n) is 4.94. The van der Waals surface area contributed by atoms with Crippen molar-refractivity contribution in [1.29, 1.82) is 0 Å². The molecule has 0 saturated heterocycles. The molecule has 2 aromatic rings. The van der Waals surface area contributed by atoms with E-state index in [4.69, 9.17) is 0 Å². The number of likely N-dealkylation sites (N-methyl/N-ethyl adjacent to an activating group) is 1. The number of rotatable bonds is 7. The Hall–Kier alpha value is -1.65. The van der Waals surface area contributed by atoms with Gasteiger partial charge in [-0.05, 0) is 36.0 Å². The SMILES string of the molecule is CCc1ccccc1NC(=O)CN(CC)Cc1cccs1. The van der Waals surface area contributed by atoms with E-state index in [2.05, 4.69) is 41.6 Å². The van der Waals surface area contributed by atoms with Gasteiger partial charge in [-0.3, -0.25) is 9.69 Å². The summed E-state index contributed by atoms with van der Waals surface area (Å²) in [5.41, 5.74) is 2.10. The minimum absolute atomic E-state index is 0.0503. The van der Waals surface area contributed by atoms with Crippen molar-refractivity contribution < 1.29 is 4.79 Å². The van der Waals surface area contributed by atoms with Crippen LogP contribution in [0, 0.1) is 0 Å². The predicted molar refractivity (Wildman–Crippen MR) is 89.7 cm³/mol. The minimum Gasteiger partial charge on any atom is -0.325 e. The first-order chi connectivity index (χ1) is 10.2. The Balaban J connectivity index is 1.93. The van der Waals surface area contributed by atoms with Gasteiger partial charge in [0.15, 0.2) is 0 Å². The van der Waals surface area contributed by atoms with Crippen molar-refractivity contribution in [3.8, 4) is 0 Å². The van der Waals surface area contributed by atoms with Crippen LogP contribution in [0.4, 0.5) is 5.69 Å². The van der Waals surface area contributed by atoms with Crippen LogP contribution in [-0.2, 0) is 17.8 Å². The lowest BCUT2D eigenvalue weighted by atomic mass is 10.1. The van der Waals surface area contributed by atoms with E-state index in [1.807, 2.05) is 24.3 Å². The molecule has 0 aliphatic rings. The van der Waals surface area contributed by atoms with E-state index in [1.54, 1.807) is 11.3 Å². The Bertz CT molecular complexity index is 566. The van der Waals surface area contributed by atoms with Crippen molar-refractivity contribution in [2.75, 3.05) is 18.4 Å². The zero-order valence-electron chi connectivity index (χ0n) is 12.6. The highest BCUT2D eigenvalue weighted by molar-refractivity contribution is 7.09. The molecule has 0 radical (unpaired) electrons. The van der Waals surface area contributed by atoms with Crippen molar-refractivity contribution >= 4 is 22.9 Å². The zero-order valence-corrected chi connectivity index (χ0v) is 13.5. The smallest absolute Gasteiger partial charge is 0.238 e. The molecule has 1 amide bonds. The number of nitrogens with one attached hydrogen (secondary N) is 1. The van der Waals surface area contributed by atoms with Gasteiger partial charge < -0.3 is 5.32 Å². The molecule has 1 N–H and O–H groups in total. The van der Waals surface area contributed by atoms with Crippen molar-refractivity contribution in [1.82, 2.24) is 4.90 Å². The number of thiophene rings is 1. The van der Waals surface area contributed by atoms with E-state index in [1.165, 1.54) is 10.4 Å². The fourth-order valence-corrected chi connectivity index (χ4v) is 2.99. The van der Waals surface area contributed by atoms with Crippen LogP contribution in [0.1, 0.15) is 24.3 Å². The fourth-order valence-electron chi connectivity index (χ4n) is 2.25. The Morgan fingerprint density at radius 3 is 2.67 bits per heavy atom. The molecule has 2 rings (SSSR count). The molecule has 1 heterocycles. The third kappa shape index (κ3) is 4.69. The molecule has 0 bridgehead atoms. The molecule has 0 saturated carbocycles. The van der Waals surface area contributed by atoms with Crippen molar-refractivity contribution in [2.45, 2.75) is 26.8 Å². The highest BCUT2D eigenvalue weighted by Crippen LogP contribution is 2.16. The number of hydrogen-bond donors (Lipinski definition) is 1. The highest BCUT2D eigenvalue weighted by atomic mass is 32.1. The predicted octanol–water partition coefficient (Wildman–Crippen LogP) is 3.77.